The molecule has 27 heavy (non-hydrogen) atoms. The number of rotatable bonds is 7. The highest BCUT2D eigenvalue weighted by atomic mass is 32.2. The van der Waals surface area contributed by atoms with E-state index in [-0.39, 0.29) is 10.9 Å². The first-order valence-corrected chi connectivity index (χ1v) is 10.7. The van der Waals surface area contributed by atoms with Crippen LogP contribution in [0, 0.1) is 5.92 Å². The van der Waals surface area contributed by atoms with Gasteiger partial charge in [-0.15, -0.1) is 0 Å². The van der Waals surface area contributed by atoms with Gasteiger partial charge in [-0.1, -0.05) is 50.2 Å². The Morgan fingerprint density at radius 2 is 1.74 bits per heavy atom. The van der Waals surface area contributed by atoms with Crippen molar-refractivity contribution < 1.29 is 8.42 Å². The minimum Gasteiger partial charge on any atom is -0.356 e. The van der Waals surface area contributed by atoms with Crippen LogP contribution < -0.4 is 10.6 Å². The van der Waals surface area contributed by atoms with E-state index in [1.54, 1.807) is 24.3 Å². The predicted molar refractivity (Wildman–Crippen MR) is 115 cm³/mol. The average Bonchev–Trinajstić information content (AvgIpc) is 2.61. The SMILES string of the molecule is CC(C)C[C@@H](NC(=S)Nc1cccc(S(=O)(=O)N(C)C)c1)c1ccccc1. The standard InChI is InChI=1S/C20H27N3O2S2/c1-15(2)13-19(16-9-6-5-7-10-16)22-20(26)21-17-11-8-12-18(14-17)27(24,25)23(3)4/h5-12,14-15,19H,13H2,1-4H3,(H2,21,22,26)/t19-/m1/s1. The Bertz CT molecular complexity index is 866. The first kappa shape index (κ1) is 21.3. The largest absolute Gasteiger partial charge is 0.356 e. The van der Waals surface area contributed by atoms with Crippen molar-refractivity contribution in [3.8, 4) is 0 Å². The van der Waals surface area contributed by atoms with E-state index in [0.29, 0.717) is 16.7 Å². The van der Waals surface area contributed by atoms with E-state index in [2.05, 4.69) is 36.6 Å². The van der Waals surface area contributed by atoms with Crippen LogP contribution in [0.4, 0.5) is 5.69 Å². The smallest absolute Gasteiger partial charge is 0.242 e. The summed E-state index contributed by atoms with van der Waals surface area (Å²) in [6, 6.07) is 16.9. The van der Waals surface area contributed by atoms with Gasteiger partial charge in [0.1, 0.15) is 0 Å². The maximum Gasteiger partial charge on any atom is 0.242 e. The van der Waals surface area contributed by atoms with Gasteiger partial charge in [-0.05, 0) is 48.3 Å². The first-order chi connectivity index (χ1) is 12.7. The van der Waals surface area contributed by atoms with Crippen molar-refractivity contribution in [1.29, 1.82) is 0 Å². The number of hydrogen-bond acceptors (Lipinski definition) is 3. The van der Waals surface area contributed by atoms with E-state index in [4.69, 9.17) is 12.2 Å². The molecule has 1 atom stereocenters. The highest BCUT2D eigenvalue weighted by Crippen LogP contribution is 2.22. The van der Waals surface area contributed by atoms with Crippen molar-refractivity contribution in [3.63, 3.8) is 0 Å². The zero-order chi connectivity index (χ0) is 20.0. The van der Waals surface area contributed by atoms with E-state index in [9.17, 15) is 8.42 Å². The number of hydrogen-bond donors (Lipinski definition) is 2. The maximum absolute atomic E-state index is 12.3. The molecule has 0 bridgehead atoms. The normalized spacial score (nSPS) is 12.8. The Labute approximate surface area is 167 Å². The maximum atomic E-state index is 12.3. The Kier molecular flexibility index (Phi) is 7.35. The topological polar surface area (TPSA) is 61.4 Å². The first-order valence-electron chi connectivity index (χ1n) is 8.85. The number of sulfonamides is 1. The van der Waals surface area contributed by atoms with E-state index in [0.717, 1.165) is 6.42 Å². The molecule has 2 N–H and O–H groups in total. The lowest BCUT2D eigenvalue weighted by molar-refractivity contribution is 0.481. The highest BCUT2D eigenvalue weighted by molar-refractivity contribution is 7.89. The van der Waals surface area contributed by atoms with Crippen molar-refractivity contribution in [3.05, 3.63) is 60.2 Å². The molecule has 0 aromatic heterocycles. The number of nitrogens with zero attached hydrogens (tertiary/aromatic N) is 1. The third-order valence-corrected chi connectivity index (χ3v) is 6.12. The summed E-state index contributed by atoms with van der Waals surface area (Å²) in [5, 5.41) is 6.92. The molecule has 7 heteroatoms. The number of nitrogens with one attached hydrogen (secondary N) is 2. The molecular weight excluding hydrogens is 378 g/mol. The molecule has 0 aliphatic heterocycles. The van der Waals surface area contributed by atoms with Crippen LogP contribution in [0.5, 0.6) is 0 Å². The molecule has 0 fully saturated rings. The zero-order valence-electron chi connectivity index (χ0n) is 16.1. The van der Waals surface area contributed by atoms with Gasteiger partial charge in [0.2, 0.25) is 10.0 Å². The van der Waals surface area contributed by atoms with Gasteiger partial charge >= 0.3 is 0 Å². The van der Waals surface area contributed by atoms with Crippen molar-refractivity contribution in [1.82, 2.24) is 9.62 Å². The van der Waals surface area contributed by atoms with Crippen LogP contribution in [0.1, 0.15) is 31.9 Å². The molecule has 5 nitrogen and oxygen atoms in total. The van der Waals surface area contributed by atoms with Crippen molar-refractivity contribution in [2.75, 3.05) is 19.4 Å². The minimum absolute atomic E-state index is 0.0832. The molecule has 2 rings (SSSR count). The fourth-order valence-corrected chi connectivity index (χ4v) is 3.91. The van der Waals surface area contributed by atoms with Gasteiger partial charge in [-0.2, -0.15) is 0 Å². The van der Waals surface area contributed by atoms with Gasteiger partial charge < -0.3 is 10.6 Å². The molecule has 0 radical (unpaired) electrons. The minimum atomic E-state index is -3.49. The van der Waals surface area contributed by atoms with Crippen molar-refractivity contribution in [2.45, 2.75) is 31.2 Å². The second-order valence-corrected chi connectivity index (χ2v) is 9.57. The quantitative estimate of drug-likeness (QED) is 0.682. The third-order valence-electron chi connectivity index (χ3n) is 4.08. The van der Waals surface area contributed by atoms with Crippen LogP contribution in [0.2, 0.25) is 0 Å². The fraction of sp³-hybridized carbons (Fsp3) is 0.350. The summed E-state index contributed by atoms with van der Waals surface area (Å²) in [5.41, 5.74) is 1.80. The molecule has 2 aromatic carbocycles. The molecule has 0 aliphatic carbocycles. The lowest BCUT2D eigenvalue weighted by Gasteiger charge is -2.23. The Hall–Kier alpha value is -1.96. The molecule has 0 spiro atoms. The van der Waals surface area contributed by atoms with Crippen LogP contribution in [-0.4, -0.2) is 31.9 Å². The Morgan fingerprint density at radius 1 is 1.07 bits per heavy atom. The van der Waals surface area contributed by atoms with Gasteiger partial charge in [0.15, 0.2) is 5.11 Å². The van der Waals surface area contributed by atoms with Gasteiger partial charge in [-0.3, -0.25) is 0 Å². The van der Waals surface area contributed by atoms with E-state index >= 15 is 0 Å². The van der Waals surface area contributed by atoms with Gasteiger partial charge in [0.05, 0.1) is 10.9 Å². The lowest BCUT2D eigenvalue weighted by atomic mass is 9.97. The fourth-order valence-electron chi connectivity index (χ4n) is 2.71. The lowest BCUT2D eigenvalue weighted by Crippen LogP contribution is -2.33. The molecule has 0 aliphatic rings. The highest BCUT2D eigenvalue weighted by Gasteiger charge is 2.18. The molecule has 0 saturated heterocycles. The second kappa shape index (κ2) is 9.30. The summed E-state index contributed by atoms with van der Waals surface area (Å²) < 4.78 is 25.8. The van der Waals surface area contributed by atoms with E-state index in [1.807, 2.05) is 18.2 Å². The van der Waals surface area contributed by atoms with Crippen LogP contribution in [-0.2, 0) is 10.0 Å². The zero-order valence-corrected chi connectivity index (χ0v) is 17.8. The van der Waals surface area contributed by atoms with Gasteiger partial charge in [0.25, 0.3) is 0 Å². The van der Waals surface area contributed by atoms with Crippen LogP contribution in [0.15, 0.2) is 59.5 Å². The summed E-state index contributed by atoms with van der Waals surface area (Å²) in [6.07, 6.45) is 0.931. The molecule has 0 heterocycles. The molecule has 2 aromatic rings. The van der Waals surface area contributed by atoms with Crippen molar-refractivity contribution >= 4 is 33.0 Å². The third kappa shape index (κ3) is 6.02. The monoisotopic (exact) mass is 405 g/mol. The van der Waals surface area contributed by atoms with Gasteiger partial charge in [-0.25, -0.2) is 12.7 Å². The van der Waals surface area contributed by atoms with E-state index < -0.39 is 10.0 Å². The average molecular weight is 406 g/mol. The Balaban J connectivity index is 2.14. The summed E-state index contributed by atoms with van der Waals surface area (Å²) in [7, 11) is -0.464. The molecule has 0 saturated carbocycles. The van der Waals surface area contributed by atoms with Gasteiger partial charge in [0, 0.05) is 19.8 Å². The van der Waals surface area contributed by atoms with Crippen LogP contribution in [0.3, 0.4) is 0 Å². The number of benzene rings is 2. The second-order valence-electron chi connectivity index (χ2n) is 7.01. The molecule has 0 unspecified atom stereocenters. The molecular formula is C20H27N3O2S2. The number of thiocarbonyl (C=S) groups is 1. The number of anilines is 1. The van der Waals surface area contributed by atoms with Crippen molar-refractivity contribution in [2.24, 2.45) is 5.92 Å². The van der Waals surface area contributed by atoms with Crippen LogP contribution >= 0.6 is 12.2 Å². The summed E-state index contributed by atoms with van der Waals surface area (Å²) in [6.45, 7) is 4.34. The van der Waals surface area contributed by atoms with E-state index in [1.165, 1.54) is 24.0 Å². The summed E-state index contributed by atoms with van der Waals surface area (Å²) >= 11 is 5.47. The summed E-state index contributed by atoms with van der Waals surface area (Å²) in [5.74, 6) is 0.499. The summed E-state index contributed by atoms with van der Waals surface area (Å²) in [4.78, 5) is 0.224. The Morgan fingerprint density at radius 3 is 2.33 bits per heavy atom. The van der Waals surface area contributed by atoms with Crippen LogP contribution in [0.25, 0.3) is 0 Å². The molecule has 0 amide bonds. The molecule has 146 valence electrons. The predicted octanol–water partition coefficient (Wildman–Crippen LogP) is 4.01.